The first kappa shape index (κ1) is 24.4. The van der Waals surface area contributed by atoms with Crippen LogP contribution in [0.25, 0.3) is 10.1 Å². The van der Waals surface area contributed by atoms with Gasteiger partial charge in [-0.05, 0) is 49.9 Å². The van der Waals surface area contributed by atoms with Gasteiger partial charge in [-0.25, -0.2) is 15.0 Å². The Morgan fingerprint density at radius 2 is 1.95 bits per heavy atom. The number of amides is 1. The van der Waals surface area contributed by atoms with Crippen molar-refractivity contribution in [1.82, 2.24) is 24.8 Å². The van der Waals surface area contributed by atoms with E-state index < -0.39 is 6.04 Å². The van der Waals surface area contributed by atoms with E-state index in [-0.39, 0.29) is 29.5 Å². The third-order valence-electron chi connectivity index (χ3n) is 7.37. The van der Waals surface area contributed by atoms with Gasteiger partial charge in [0.2, 0.25) is 5.91 Å². The summed E-state index contributed by atoms with van der Waals surface area (Å²) in [7, 11) is 0. The average molecular weight is 531 g/mol. The molecule has 0 saturated heterocycles. The lowest BCUT2D eigenvalue weighted by atomic mass is 10.1. The molecule has 4 atom stereocenters. The predicted octanol–water partition coefficient (Wildman–Crippen LogP) is 3.64. The molecular formula is C27H30N8O2S. The number of rotatable bonds is 7. The van der Waals surface area contributed by atoms with Gasteiger partial charge in [0.25, 0.3) is 5.56 Å². The monoisotopic (exact) mass is 530 g/mol. The summed E-state index contributed by atoms with van der Waals surface area (Å²) in [6.07, 6.45) is 8.47. The molecule has 11 heteroatoms. The maximum absolute atomic E-state index is 13.5. The van der Waals surface area contributed by atoms with Crippen molar-refractivity contribution < 1.29 is 4.79 Å². The van der Waals surface area contributed by atoms with E-state index in [4.69, 9.17) is 5.73 Å². The molecule has 4 aromatic heterocycles. The van der Waals surface area contributed by atoms with Gasteiger partial charge in [-0.2, -0.15) is 0 Å². The number of nitrogens with one attached hydrogen (secondary N) is 3. The van der Waals surface area contributed by atoms with Crippen molar-refractivity contribution >= 4 is 44.7 Å². The average Bonchev–Trinajstić information content (AvgIpc) is 3.62. The Hall–Kier alpha value is -3.99. The van der Waals surface area contributed by atoms with Gasteiger partial charge in [0.1, 0.15) is 29.2 Å². The molecule has 6 rings (SSSR count). The number of fused-ring (bicyclic) bond motifs is 2. The van der Waals surface area contributed by atoms with Gasteiger partial charge >= 0.3 is 0 Å². The van der Waals surface area contributed by atoms with Gasteiger partial charge in [0.05, 0.1) is 12.7 Å². The summed E-state index contributed by atoms with van der Waals surface area (Å²) in [6.45, 7) is 2.39. The fourth-order valence-corrected chi connectivity index (χ4v) is 6.54. The van der Waals surface area contributed by atoms with Crippen molar-refractivity contribution in [3.8, 4) is 0 Å². The van der Waals surface area contributed by atoms with E-state index in [1.807, 2.05) is 37.3 Å². The zero-order valence-electron chi connectivity index (χ0n) is 21.1. The molecule has 4 aromatic rings. The summed E-state index contributed by atoms with van der Waals surface area (Å²) in [6, 6.07) is 9.49. The Labute approximate surface area is 223 Å². The van der Waals surface area contributed by atoms with Crippen LogP contribution in [0.3, 0.4) is 0 Å². The number of nitrogens with zero attached hydrogens (tertiary/aromatic N) is 4. The van der Waals surface area contributed by atoms with E-state index >= 15 is 0 Å². The van der Waals surface area contributed by atoms with Crippen LogP contribution in [-0.2, 0) is 11.3 Å². The lowest BCUT2D eigenvalue weighted by Crippen LogP contribution is -2.37. The summed E-state index contributed by atoms with van der Waals surface area (Å²) >= 11 is 1.57. The van der Waals surface area contributed by atoms with Crippen LogP contribution in [0, 0.1) is 0 Å². The normalized spacial score (nSPS) is 22.3. The van der Waals surface area contributed by atoms with Crippen LogP contribution in [0.2, 0.25) is 0 Å². The molecule has 1 fully saturated rings. The SMILES string of the molecule is C[C@@H]1C[C@@H](C(=O)NCc2cc3cnc(N)cc3s2)n2c1ncc(N[C@@H]1CC[C@@H](Nc3ccccn3)C1)c2=O. The zero-order valence-corrected chi connectivity index (χ0v) is 21.9. The number of pyridine rings is 2. The van der Waals surface area contributed by atoms with Crippen LogP contribution in [-0.4, -0.2) is 37.5 Å². The molecule has 0 aromatic carbocycles. The Kier molecular flexibility index (Phi) is 6.44. The topological polar surface area (TPSA) is 140 Å². The van der Waals surface area contributed by atoms with Crippen molar-refractivity contribution in [2.75, 3.05) is 16.4 Å². The third kappa shape index (κ3) is 4.81. The highest BCUT2D eigenvalue weighted by molar-refractivity contribution is 7.19. The van der Waals surface area contributed by atoms with Crippen molar-refractivity contribution in [3.63, 3.8) is 0 Å². The number of anilines is 3. The number of carbonyl (C=O) groups excluding carboxylic acids is 1. The Bertz CT molecular complexity index is 1540. The van der Waals surface area contributed by atoms with Crippen molar-refractivity contribution in [3.05, 3.63) is 70.0 Å². The van der Waals surface area contributed by atoms with Gasteiger partial charge in [-0.15, -0.1) is 11.3 Å². The first-order valence-electron chi connectivity index (χ1n) is 12.9. The molecule has 196 valence electrons. The van der Waals surface area contributed by atoms with Crippen LogP contribution >= 0.6 is 11.3 Å². The number of hydrogen-bond donors (Lipinski definition) is 4. The zero-order chi connectivity index (χ0) is 26.2. The van der Waals surface area contributed by atoms with E-state index in [0.29, 0.717) is 30.3 Å². The van der Waals surface area contributed by atoms with E-state index in [2.05, 4.69) is 30.9 Å². The summed E-state index contributed by atoms with van der Waals surface area (Å²) in [5.41, 5.74) is 6.04. The second-order valence-corrected chi connectivity index (χ2v) is 11.3. The molecule has 5 heterocycles. The van der Waals surface area contributed by atoms with Gasteiger partial charge in [0.15, 0.2) is 0 Å². The Balaban J connectivity index is 1.13. The third-order valence-corrected chi connectivity index (χ3v) is 8.47. The molecule has 2 aliphatic rings. The summed E-state index contributed by atoms with van der Waals surface area (Å²) in [4.78, 5) is 40.9. The minimum Gasteiger partial charge on any atom is -0.384 e. The Morgan fingerprint density at radius 3 is 2.76 bits per heavy atom. The fourth-order valence-electron chi connectivity index (χ4n) is 5.52. The number of hydrogen-bond acceptors (Lipinski definition) is 9. The highest BCUT2D eigenvalue weighted by Gasteiger charge is 2.36. The first-order chi connectivity index (χ1) is 18.4. The van der Waals surface area contributed by atoms with Gasteiger partial charge in [-0.1, -0.05) is 13.0 Å². The lowest BCUT2D eigenvalue weighted by Gasteiger charge is -2.18. The first-order valence-corrected chi connectivity index (χ1v) is 13.7. The van der Waals surface area contributed by atoms with E-state index in [1.54, 1.807) is 34.5 Å². The van der Waals surface area contributed by atoms with Crippen LogP contribution in [0.5, 0.6) is 0 Å². The predicted molar refractivity (Wildman–Crippen MR) is 149 cm³/mol. The minimum absolute atomic E-state index is 0.0179. The van der Waals surface area contributed by atoms with Crippen LogP contribution in [0.15, 0.2) is 53.7 Å². The number of aromatic nitrogens is 4. The molecule has 0 radical (unpaired) electrons. The van der Waals surface area contributed by atoms with Gasteiger partial charge in [0, 0.05) is 45.4 Å². The highest BCUT2D eigenvalue weighted by atomic mass is 32.1. The van der Waals surface area contributed by atoms with E-state index in [9.17, 15) is 9.59 Å². The molecule has 0 unspecified atom stereocenters. The standard InChI is InChI=1S/C27H30N8O2S/c1-15-8-21(26(36)32-13-19-9-16-12-30-23(28)11-22(16)38-19)35-25(15)31-14-20(27(35)37)33-17-5-6-18(10-17)34-24-4-2-3-7-29-24/h2-4,7,9,11-12,14-15,17-18,21,33H,5-6,8,10,13H2,1H3,(H2,28,30)(H,29,34)(H,32,36)/t15-,17-,18-,21+/m1/s1. The molecule has 5 N–H and O–H groups in total. The summed E-state index contributed by atoms with van der Waals surface area (Å²) < 4.78 is 2.61. The maximum atomic E-state index is 13.5. The molecule has 38 heavy (non-hydrogen) atoms. The van der Waals surface area contributed by atoms with Crippen LogP contribution in [0.4, 0.5) is 17.3 Å². The maximum Gasteiger partial charge on any atom is 0.277 e. The Morgan fingerprint density at radius 1 is 1.11 bits per heavy atom. The molecule has 1 aliphatic carbocycles. The lowest BCUT2D eigenvalue weighted by molar-refractivity contribution is -0.124. The van der Waals surface area contributed by atoms with Crippen LogP contribution < -0.4 is 27.2 Å². The number of nitrogen functional groups attached to an aromatic ring is 1. The summed E-state index contributed by atoms with van der Waals surface area (Å²) in [5.74, 6) is 1.83. The summed E-state index contributed by atoms with van der Waals surface area (Å²) in [5, 5.41) is 10.9. The molecule has 1 saturated carbocycles. The number of thiophene rings is 1. The molecule has 0 spiro atoms. The number of carbonyl (C=O) groups is 1. The van der Waals surface area contributed by atoms with Gasteiger partial charge < -0.3 is 21.7 Å². The quantitative estimate of drug-likeness (QED) is 0.284. The largest absolute Gasteiger partial charge is 0.384 e. The molecule has 10 nitrogen and oxygen atoms in total. The van der Waals surface area contributed by atoms with E-state index in [1.165, 1.54) is 0 Å². The van der Waals surface area contributed by atoms with E-state index in [0.717, 1.165) is 40.0 Å². The smallest absolute Gasteiger partial charge is 0.277 e. The second kappa shape index (κ2) is 10.1. The molecule has 1 aliphatic heterocycles. The van der Waals surface area contributed by atoms with Crippen molar-refractivity contribution in [2.45, 2.75) is 63.2 Å². The van der Waals surface area contributed by atoms with Crippen molar-refractivity contribution in [1.29, 1.82) is 0 Å². The molecule has 0 bridgehead atoms. The molecular weight excluding hydrogens is 500 g/mol. The van der Waals surface area contributed by atoms with Crippen molar-refractivity contribution in [2.24, 2.45) is 0 Å². The minimum atomic E-state index is -0.587. The van der Waals surface area contributed by atoms with Crippen LogP contribution in [0.1, 0.15) is 55.3 Å². The van der Waals surface area contributed by atoms with Gasteiger partial charge in [-0.3, -0.25) is 14.2 Å². The fraction of sp³-hybridized carbons (Fsp3) is 0.370. The molecule has 1 amide bonds. The highest BCUT2D eigenvalue weighted by Crippen LogP contribution is 2.34. The second-order valence-electron chi connectivity index (χ2n) is 10.1. The number of nitrogens with two attached hydrogens (primary N) is 1.